The second kappa shape index (κ2) is 5.49. The number of benzene rings is 1. The van der Waals surface area contributed by atoms with Gasteiger partial charge in [-0.3, -0.25) is 0 Å². The zero-order valence-electron chi connectivity index (χ0n) is 10.0. The number of hydrogen-bond donors (Lipinski definition) is 1. The van der Waals surface area contributed by atoms with Crippen molar-refractivity contribution in [3.8, 4) is 22.7 Å². The third kappa shape index (κ3) is 2.68. The van der Waals surface area contributed by atoms with Crippen LogP contribution in [0.3, 0.4) is 0 Å². The predicted molar refractivity (Wildman–Crippen MR) is 87.8 cm³/mol. The Balaban J connectivity index is 2.01. The van der Waals surface area contributed by atoms with Gasteiger partial charge >= 0.3 is 0 Å². The fraction of sp³-hybridized carbons (Fsp3) is 0. The predicted octanol–water partition coefficient (Wildman–Crippen LogP) is 3.75. The molecule has 3 rings (SSSR count). The molecule has 0 bridgehead atoms. The molecule has 0 atom stereocenters. The van der Waals surface area contributed by atoms with Crippen molar-refractivity contribution in [3.63, 3.8) is 0 Å². The molecule has 5 nitrogen and oxygen atoms in total. The summed E-state index contributed by atoms with van der Waals surface area (Å²) in [6, 6.07) is 9.79. The number of nitrogens with zero attached hydrogens (tertiary/aromatic N) is 3. The smallest absolute Gasteiger partial charge is 0.189 e. The minimum absolute atomic E-state index is 0.304. The minimum Gasteiger partial charge on any atom is -0.382 e. The molecule has 100 valence electrons. The molecule has 0 aliphatic carbocycles. The third-order valence-corrected chi connectivity index (χ3v) is 3.76. The summed E-state index contributed by atoms with van der Waals surface area (Å²) in [7, 11) is 0. The maximum absolute atomic E-state index is 5.81. The zero-order chi connectivity index (χ0) is 14.1. The topological polar surface area (TPSA) is 77.8 Å². The van der Waals surface area contributed by atoms with Crippen molar-refractivity contribution < 1.29 is 4.52 Å². The van der Waals surface area contributed by atoms with Crippen LogP contribution < -0.4 is 5.73 Å². The van der Waals surface area contributed by atoms with Crippen molar-refractivity contribution in [2.45, 2.75) is 0 Å². The summed E-state index contributed by atoms with van der Waals surface area (Å²) in [4.78, 5) is 8.29. The van der Waals surface area contributed by atoms with Crippen LogP contribution in [0, 0.1) is 3.57 Å². The summed E-state index contributed by atoms with van der Waals surface area (Å²) in [6.07, 6.45) is 1.54. The molecule has 0 radical (unpaired) electrons. The van der Waals surface area contributed by atoms with Crippen LogP contribution in [0.2, 0.25) is 0 Å². The Bertz CT molecular complexity index is 757. The Hall–Kier alpha value is -1.48. The Morgan fingerprint density at radius 3 is 2.70 bits per heavy atom. The van der Waals surface area contributed by atoms with Crippen molar-refractivity contribution in [1.82, 2.24) is 15.1 Å². The van der Waals surface area contributed by atoms with Gasteiger partial charge in [0.15, 0.2) is 17.3 Å². The Morgan fingerprint density at radius 1 is 1.20 bits per heavy atom. The highest BCUT2D eigenvalue weighted by Crippen LogP contribution is 2.28. The average Bonchev–Trinajstić information content (AvgIpc) is 2.92. The summed E-state index contributed by atoms with van der Waals surface area (Å²) in [5, 5.41) is 4.05. The number of halogens is 2. The molecular formula is C13H8BrIN4O. The monoisotopic (exact) mass is 442 g/mol. The lowest BCUT2D eigenvalue weighted by molar-refractivity contribution is 0.433. The highest BCUT2D eigenvalue weighted by atomic mass is 127. The quantitative estimate of drug-likeness (QED) is 0.611. The van der Waals surface area contributed by atoms with Gasteiger partial charge in [0, 0.05) is 15.2 Å². The standard InChI is InChI=1S/C13H8BrIN4O/c14-11-6-17-13(16)12(18-11)10-5-9(19-20-10)7-1-3-8(15)4-2-7/h1-6H,(H2,16,17). The van der Waals surface area contributed by atoms with E-state index in [2.05, 4.69) is 53.6 Å². The molecule has 0 unspecified atom stereocenters. The van der Waals surface area contributed by atoms with Gasteiger partial charge in [-0.05, 0) is 50.7 Å². The maximum atomic E-state index is 5.81. The normalized spacial score (nSPS) is 10.7. The van der Waals surface area contributed by atoms with E-state index in [-0.39, 0.29) is 0 Å². The third-order valence-electron chi connectivity index (χ3n) is 2.65. The zero-order valence-corrected chi connectivity index (χ0v) is 13.8. The average molecular weight is 443 g/mol. The molecule has 2 N–H and O–H groups in total. The first kappa shape index (κ1) is 13.5. The van der Waals surface area contributed by atoms with Crippen LogP contribution in [0.1, 0.15) is 0 Å². The molecular weight excluding hydrogens is 435 g/mol. The first-order valence-electron chi connectivity index (χ1n) is 5.64. The molecule has 1 aromatic carbocycles. The van der Waals surface area contributed by atoms with Crippen molar-refractivity contribution in [3.05, 3.63) is 44.7 Å². The van der Waals surface area contributed by atoms with Gasteiger partial charge in [0.25, 0.3) is 0 Å². The number of anilines is 1. The van der Waals surface area contributed by atoms with Crippen LogP contribution in [0.5, 0.6) is 0 Å². The molecule has 7 heteroatoms. The molecule has 0 aliphatic rings. The fourth-order valence-electron chi connectivity index (χ4n) is 1.70. The highest BCUT2D eigenvalue weighted by Gasteiger charge is 2.14. The van der Waals surface area contributed by atoms with E-state index in [4.69, 9.17) is 10.3 Å². The van der Waals surface area contributed by atoms with E-state index in [1.54, 1.807) is 6.07 Å². The summed E-state index contributed by atoms with van der Waals surface area (Å²) in [5.41, 5.74) is 7.99. The molecule has 0 aliphatic heterocycles. The fourth-order valence-corrected chi connectivity index (χ4v) is 2.34. The van der Waals surface area contributed by atoms with E-state index in [0.717, 1.165) is 14.8 Å². The lowest BCUT2D eigenvalue weighted by Gasteiger charge is -1.99. The van der Waals surface area contributed by atoms with Gasteiger partial charge in [-0.15, -0.1) is 0 Å². The van der Waals surface area contributed by atoms with Crippen molar-refractivity contribution in [2.75, 3.05) is 5.73 Å². The first-order valence-corrected chi connectivity index (χ1v) is 7.52. The van der Waals surface area contributed by atoms with Gasteiger partial charge in [0.05, 0.1) is 6.20 Å². The van der Waals surface area contributed by atoms with E-state index in [1.165, 1.54) is 6.20 Å². The number of hydrogen-bond acceptors (Lipinski definition) is 5. The highest BCUT2D eigenvalue weighted by molar-refractivity contribution is 14.1. The van der Waals surface area contributed by atoms with E-state index in [9.17, 15) is 0 Å². The summed E-state index contributed by atoms with van der Waals surface area (Å²) < 4.78 is 7.07. The second-order valence-electron chi connectivity index (χ2n) is 4.01. The van der Waals surface area contributed by atoms with Gasteiger partial charge < -0.3 is 10.3 Å². The Labute approximate surface area is 136 Å². The number of nitrogens with two attached hydrogens (primary N) is 1. The minimum atomic E-state index is 0.304. The van der Waals surface area contributed by atoms with Gasteiger partial charge in [-0.2, -0.15) is 0 Å². The molecule has 0 spiro atoms. The molecule has 0 fully saturated rings. The van der Waals surface area contributed by atoms with E-state index < -0.39 is 0 Å². The molecule has 2 heterocycles. The number of rotatable bonds is 2. The second-order valence-corrected chi connectivity index (χ2v) is 6.07. The summed E-state index contributed by atoms with van der Waals surface area (Å²) >= 11 is 5.52. The van der Waals surface area contributed by atoms with Gasteiger partial charge in [0.1, 0.15) is 10.3 Å². The van der Waals surface area contributed by atoms with Gasteiger partial charge in [-0.25, -0.2) is 9.97 Å². The summed E-state index contributed by atoms with van der Waals surface area (Å²) in [5.74, 6) is 0.795. The SMILES string of the molecule is Nc1ncc(Br)nc1-c1cc(-c2ccc(I)cc2)no1. The van der Waals surface area contributed by atoms with Gasteiger partial charge in [-0.1, -0.05) is 17.3 Å². The molecule has 0 saturated heterocycles. The molecule has 3 aromatic rings. The van der Waals surface area contributed by atoms with Crippen LogP contribution in [-0.4, -0.2) is 15.1 Å². The van der Waals surface area contributed by atoms with E-state index in [1.807, 2.05) is 24.3 Å². The van der Waals surface area contributed by atoms with E-state index in [0.29, 0.717) is 21.9 Å². The first-order chi connectivity index (χ1) is 9.63. The largest absolute Gasteiger partial charge is 0.382 e. The molecule has 2 aromatic heterocycles. The molecule has 0 saturated carbocycles. The van der Waals surface area contributed by atoms with Crippen molar-refractivity contribution in [1.29, 1.82) is 0 Å². The Morgan fingerprint density at radius 2 is 1.95 bits per heavy atom. The van der Waals surface area contributed by atoms with Crippen molar-refractivity contribution in [2.24, 2.45) is 0 Å². The van der Waals surface area contributed by atoms with E-state index >= 15 is 0 Å². The summed E-state index contributed by atoms with van der Waals surface area (Å²) in [6.45, 7) is 0. The van der Waals surface area contributed by atoms with Gasteiger partial charge in [0.2, 0.25) is 0 Å². The number of nitrogen functional groups attached to an aromatic ring is 1. The lowest BCUT2D eigenvalue weighted by Crippen LogP contribution is -1.96. The van der Waals surface area contributed by atoms with Crippen molar-refractivity contribution >= 4 is 44.3 Å². The number of aromatic nitrogens is 3. The Kier molecular flexibility index (Phi) is 3.70. The lowest BCUT2D eigenvalue weighted by atomic mass is 10.1. The van der Waals surface area contributed by atoms with Crippen LogP contribution in [0.25, 0.3) is 22.7 Å². The van der Waals surface area contributed by atoms with Crippen LogP contribution >= 0.6 is 38.5 Å². The maximum Gasteiger partial charge on any atom is 0.189 e. The van der Waals surface area contributed by atoms with Crippen LogP contribution in [0.15, 0.2) is 45.7 Å². The van der Waals surface area contributed by atoms with Crippen LogP contribution in [0.4, 0.5) is 5.82 Å². The van der Waals surface area contributed by atoms with Crippen LogP contribution in [-0.2, 0) is 0 Å². The molecule has 20 heavy (non-hydrogen) atoms. The molecule has 0 amide bonds.